The summed E-state index contributed by atoms with van der Waals surface area (Å²) in [7, 11) is 3.24. The van der Waals surface area contributed by atoms with E-state index in [1.54, 1.807) is 11.9 Å². The first-order valence-corrected chi connectivity index (χ1v) is 7.43. The van der Waals surface area contributed by atoms with Gasteiger partial charge in [-0.1, -0.05) is 0 Å². The van der Waals surface area contributed by atoms with Crippen molar-refractivity contribution in [2.75, 3.05) is 40.4 Å². The minimum atomic E-state index is -0.661. The van der Waals surface area contributed by atoms with Crippen LogP contribution in [-0.2, 0) is 4.74 Å². The van der Waals surface area contributed by atoms with Crippen molar-refractivity contribution in [2.45, 2.75) is 25.0 Å². The molecule has 118 valence electrons. The van der Waals surface area contributed by atoms with Crippen LogP contribution >= 0.6 is 0 Å². The molecule has 0 radical (unpaired) electrons. The molecule has 1 fully saturated rings. The van der Waals surface area contributed by atoms with Crippen molar-refractivity contribution in [3.05, 3.63) is 24.0 Å². The lowest BCUT2D eigenvalue weighted by Crippen LogP contribution is -2.38. The van der Waals surface area contributed by atoms with Crippen LogP contribution in [0.5, 0.6) is 0 Å². The number of hydrogen-bond acceptors (Lipinski definition) is 4. The summed E-state index contributed by atoms with van der Waals surface area (Å²) in [6, 6.07) is 4.13. The molecule has 21 heavy (non-hydrogen) atoms. The summed E-state index contributed by atoms with van der Waals surface area (Å²) in [6.45, 7) is 2.47. The van der Waals surface area contributed by atoms with Gasteiger partial charge >= 0.3 is 0 Å². The number of carbonyl (C=O) groups excluding carboxylic acids is 1. The molecule has 1 unspecified atom stereocenters. The Morgan fingerprint density at radius 1 is 1.57 bits per heavy atom. The van der Waals surface area contributed by atoms with Gasteiger partial charge in [-0.25, -0.2) is 0 Å². The molecule has 1 saturated heterocycles. The quantitative estimate of drug-likeness (QED) is 0.802. The van der Waals surface area contributed by atoms with E-state index in [1.807, 2.05) is 18.3 Å². The fraction of sp³-hybridized carbons (Fsp3) is 0.667. The van der Waals surface area contributed by atoms with Crippen LogP contribution in [0.1, 0.15) is 29.4 Å². The van der Waals surface area contributed by atoms with Crippen LogP contribution in [0.15, 0.2) is 18.3 Å². The Labute approximate surface area is 125 Å². The first-order valence-electron chi connectivity index (χ1n) is 7.43. The van der Waals surface area contributed by atoms with E-state index >= 15 is 0 Å². The summed E-state index contributed by atoms with van der Waals surface area (Å²) >= 11 is 0. The lowest BCUT2D eigenvalue weighted by Gasteiger charge is -2.27. The molecule has 1 aromatic rings. The van der Waals surface area contributed by atoms with Crippen molar-refractivity contribution in [2.24, 2.45) is 0 Å². The summed E-state index contributed by atoms with van der Waals surface area (Å²) in [5.74, 6) is -0.0614. The topological polar surface area (TPSA) is 66.7 Å². The molecule has 0 spiro atoms. The highest BCUT2D eigenvalue weighted by Gasteiger charge is 2.22. The number of aliphatic hydroxyl groups excluding tert-OH is 1. The van der Waals surface area contributed by atoms with E-state index in [2.05, 4.69) is 9.88 Å². The number of ether oxygens (including phenoxy) is 1. The number of methoxy groups -OCH3 is 1. The van der Waals surface area contributed by atoms with Crippen molar-refractivity contribution in [1.29, 1.82) is 0 Å². The monoisotopic (exact) mass is 295 g/mol. The third-order valence-corrected chi connectivity index (χ3v) is 3.89. The van der Waals surface area contributed by atoms with Crippen molar-refractivity contribution in [3.8, 4) is 0 Å². The summed E-state index contributed by atoms with van der Waals surface area (Å²) in [5, 5.41) is 13.1. The molecule has 1 amide bonds. The normalized spacial score (nSPS) is 17.7. The highest BCUT2D eigenvalue weighted by atomic mass is 16.5. The maximum Gasteiger partial charge on any atom is 0.270 e. The highest BCUT2D eigenvalue weighted by molar-refractivity contribution is 5.92. The molecule has 2 N–H and O–H groups in total. The van der Waals surface area contributed by atoms with E-state index < -0.39 is 6.10 Å². The number of amides is 1. The second-order valence-corrected chi connectivity index (χ2v) is 5.58. The number of likely N-dealkylation sites (N-methyl/N-ethyl adjacent to an activating group) is 1. The van der Waals surface area contributed by atoms with E-state index in [4.69, 9.17) is 4.74 Å². The maximum absolute atomic E-state index is 12.5. The van der Waals surface area contributed by atoms with Gasteiger partial charge in [0.15, 0.2) is 0 Å². The molecular weight excluding hydrogens is 270 g/mol. The lowest BCUT2D eigenvalue weighted by atomic mass is 10.1. The average molecular weight is 295 g/mol. The lowest BCUT2D eigenvalue weighted by molar-refractivity contribution is 0.0374. The Morgan fingerprint density at radius 3 is 2.95 bits per heavy atom. The fourth-order valence-electron chi connectivity index (χ4n) is 2.82. The third-order valence-electron chi connectivity index (χ3n) is 3.89. The van der Waals surface area contributed by atoms with Gasteiger partial charge in [-0.3, -0.25) is 4.79 Å². The van der Waals surface area contributed by atoms with Gasteiger partial charge in [-0.05, 0) is 38.1 Å². The van der Waals surface area contributed by atoms with Crippen LogP contribution in [-0.4, -0.2) is 67.0 Å². The minimum Gasteiger partial charge on any atom is -0.389 e. The van der Waals surface area contributed by atoms with E-state index in [0.29, 0.717) is 11.7 Å². The van der Waals surface area contributed by atoms with E-state index in [0.717, 1.165) is 25.9 Å². The van der Waals surface area contributed by atoms with Crippen molar-refractivity contribution in [3.63, 3.8) is 0 Å². The Morgan fingerprint density at radius 2 is 2.29 bits per heavy atom. The molecule has 6 nitrogen and oxygen atoms in total. The van der Waals surface area contributed by atoms with Crippen LogP contribution in [0, 0.1) is 0 Å². The molecule has 1 aromatic heterocycles. The standard InChI is InChI=1S/C15H25N3O3/c1-17(10-13(19)11-21-2)15(20)14-4-3-9-18(14)12-5-7-16-8-6-12/h3-4,9,12-13,16,19H,5-8,10-11H2,1-2H3. The van der Waals surface area contributed by atoms with Gasteiger partial charge in [0.05, 0.1) is 12.7 Å². The molecular formula is C15H25N3O3. The molecule has 2 heterocycles. The van der Waals surface area contributed by atoms with Gasteiger partial charge in [0.2, 0.25) is 0 Å². The third kappa shape index (κ3) is 4.06. The zero-order chi connectivity index (χ0) is 15.2. The number of carbonyl (C=O) groups is 1. The number of piperidine rings is 1. The van der Waals surface area contributed by atoms with Crippen LogP contribution in [0.4, 0.5) is 0 Å². The number of rotatable bonds is 6. The van der Waals surface area contributed by atoms with Gasteiger partial charge in [0, 0.05) is 32.9 Å². The van der Waals surface area contributed by atoms with Gasteiger partial charge in [-0.15, -0.1) is 0 Å². The molecule has 2 rings (SSSR count). The van der Waals surface area contributed by atoms with Crippen molar-refractivity contribution in [1.82, 2.24) is 14.8 Å². The molecule has 0 aromatic carbocycles. The molecule has 6 heteroatoms. The maximum atomic E-state index is 12.5. The summed E-state index contributed by atoms with van der Waals surface area (Å²) in [4.78, 5) is 14.1. The molecule has 0 aliphatic carbocycles. The van der Waals surface area contributed by atoms with Gasteiger partial charge in [0.25, 0.3) is 5.91 Å². The van der Waals surface area contributed by atoms with Crippen LogP contribution < -0.4 is 5.32 Å². The Hall–Kier alpha value is -1.37. The summed E-state index contributed by atoms with van der Waals surface area (Å²) in [5.41, 5.74) is 0.689. The average Bonchev–Trinajstić information content (AvgIpc) is 2.96. The largest absolute Gasteiger partial charge is 0.389 e. The highest BCUT2D eigenvalue weighted by Crippen LogP contribution is 2.22. The van der Waals surface area contributed by atoms with Gasteiger partial charge in [0.1, 0.15) is 5.69 Å². The number of nitrogens with zero attached hydrogens (tertiary/aromatic N) is 2. The van der Waals surface area contributed by atoms with Gasteiger partial charge in [-0.2, -0.15) is 0 Å². The van der Waals surface area contributed by atoms with Crippen LogP contribution in [0.3, 0.4) is 0 Å². The minimum absolute atomic E-state index is 0.0614. The summed E-state index contributed by atoms with van der Waals surface area (Å²) < 4.78 is 6.97. The Kier molecular flexibility index (Phi) is 5.78. The molecule has 0 bridgehead atoms. The number of nitrogens with one attached hydrogen (secondary N) is 1. The van der Waals surface area contributed by atoms with Crippen molar-refractivity contribution >= 4 is 5.91 Å². The van der Waals surface area contributed by atoms with E-state index in [-0.39, 0.29) is 19.1 Å². The second-order valence-electron chi connectivity index (χ2n) is 5.58. The van der Waals surface area contributed by atoms with Crippen LogP contribution in [0.25, 0.3) is 0 Å². The number of aromatic nitrogens is 1. The zero-order valence-electron chi connectivity index (χ0n) is 12.8. The predicted octanol–water partition coefficient (Wildman–Crippen LogP) is 0.492. The van der Waals surface area contributed by atoms with E-state index in [9.17, 15) is 9.90 Å². The Balaban J connectivity index is 2.03. The van der Waals surface area contributed by atoms with Gasteiger partial charge < -0.3 is 24.6 Å². The number of aliphatic hydroxyl groups is 1. The summed E-state index contributed by atoms with van der Waals surface area (Å²) in [6.07, 6.45) is 3.38. The first kappa shape index (κ1) is 16.0. The zero-order valence-corrected chi connectivity index (χ0v) is 12.8. The number of hydrogen-bond donors (Lipinski definition) is 2. The molecule has 0 saturated carbocycles. The first-order chi connectivity index (χ1) is 10.1. The molecule has 1 aliphatic heterocycles. The Bertz CT molecular complexity index is 455. The molecule has 1 atom stereocenters. The second kappa shape index (κ2) is 7.59. The SMILES string of the molecule is COCC(O)CN(C)C(=O)c1cccn1C1CCNCC1. The fourth-order valence-corrected chi connectivity index (χ4v) is 2.82. The van der Waals surface area contributed by atoms with Crippen LogP contribution in [0.2, 0.25) is 0 Å². The molecule has 1 aliphatic rings. The smallest absolute Gasteiger partial charge is 0.270 e. The van der Waals surface area contributed by atoms with Crippen molar-refractivity contribution < 1.29 is 14.6 Å². The van der Waals surface area contributed by atoms with E-state index in [1.165, 1.54) is 7.11 Å². The predicted molar refractivity (Wildman–Crippen MR) is 80.4 cm³/mol.